The van der Waals surface area contributed by atoms with Gasteiger partial charge in [-0.3, -0.25) is 0 Å². The van der Waals surface area contributed by atoms with Gasteiger partial charge in [0.15, 0.2) is 0 Å². The van der Waals surface area contributed by atoms with Crippen LogP contribution >= 0.6 is 38.5 Å². The lowest BCUT2D eigenvalue weighted by Gasteiger charge is -2.09. The Morgan fingerprint density at radius 1 is 1.58 bits per heavy atom. The van der Waals surface area contributed by atoms with Gasteiger partial charge in [0.25, 0.3) is 0 Å². The van der Waals surface area contributed by atoms with Crippen LogP contribution in [0.5, 0.6) is 0 Å². The van der Waals surface area contributed by atoms with Crippen LogP contribution < -0.4 is 0 Å². The molecule has 0 radical (unpaired) electrons. The largest absolute Gasteiger partial charge is 0.389 e. The first-order valence-corrected chi connectivity index (χ1v) is 5.22. The van der Waals surface area contributed by atoms with Crippen molar-refractivity contribution in [3.8, 4) is 0 Å². The fourth-order valence-corrected chi connectivity index (χ4v) is 2.14. The van der Waals surface area contributed by atoms with Crippen molar-refractivity contribution in [2.45, 2.75) is 13.0 Å². The van der Waals surface area contributed by atoms with Crippen LogP contribution in [0.1, 0.15) is 18.6 Å². The fraction of sp³-hybridized carbons (Fsp3) is 0.250. The number of aliphatic hydroxyl groups excluding tert-OH is 1. The third-order valence-corrected chi connectivity index (χ3v) is 3.05. The van der Waals surface area contributed by atoms with Crippen LogP contribution in [-0.4, -0.2) is 5.11 Å². The summed E-state index contributed by atoms with van der Waals surface area (Å²) in [5, 5.41) is 9.24. The fourth-order valence-electron chi connectivity index (χ4n) is 0.926. The van der Waals surface area contributed by atoms with Crippen molar-refractivity contribution in [3.05, 3.63) is 31.6 Å². The molecule has 1 N–H and O–H groups in total. The molecule has 0 aromatic heterocycles. The van der Waals surface area contributed by atoms with Crippen molar-refractivity contribution in [2.75, 3.05) is 0 Å². The highest BCUT2D eigenvalue weighted by molar-refractivity contribution is 14.1. The maximum atomic E-state index is 13.3. The van der Waals surface area contributed by atoms with Gasteiger partial charge in [-0.25, -0.2) is 4.39 Å². The summed E-state index contributed by atoms with van der Waals surface area (Å²) >= 11 is 5.06. The SMILES string of the molecule is CC(O)c1c(I)ccc(Br)c1F. The number of hydrogen-bond donors (Lipinski definition) is 1. The molecule has 0 aliphatic heterocycles. The van der Waals surface area contributed by atoms with Crippen LogP contribution in [-0.2, 0) is 0 Å². The molecule has 1 unspecified atom stereocenters. The second-order valence-electron chi connectivity index (χ2n) is 2.43. The Hall–Kier alpha value is 0.320. The second-order valence-corrected chi connectivity index (χ2v) is 4.45. The van der Waals surface area contributed by atoms with Gasteiger partial charge in [0.2, 0.25) is 0 Å². The van der Waals surface area contributed by atoms with Gasteiger partial charge in [0, 0.05) is 9.13 Å². The van der Waals surface area contributed by atoms with E-state index in [1.54, 1.807) is 19.1 Å². The van der Waals surface area contributed by atoms with E-state index in [1.807, 2.05) is 22.6 Å². The van der Waals surface area contributed by atoms with Crippen LogP contribution in [0.25, 0.3) is 0 Å². The highest BCUT2D eigenvalue weighted by Gasteiger charge is 2.14. The van der Waals surface area contributed by atoms with Crippen LogP contribution in [0.2, 0.25) is 0 Å². The van der Waals surface area contributed by atoms with E-state index in [2.05, 4.69) is 15.9 Å². The predicted octanol–water partition coefficient (Wildman–Crippen LogP) is 3.25. The van der Waals surface area contributed by atoms with Crippen molar-refractivity contribution in [1.82, 2.24) is 0 Å². The minimum atomic E-state index is -0.769. The molecule has 1 rings (SSSR count). The Kier molecular flexibility index (Phi) is 3.48. The first kappa shape index (κ1) is 10.4. The van der Waals surface area contributed by atoms with Gasteiger partial charge in [-0.15, -0.1) is 0 Å². The molecule has 0 spiro atoms. The van der Waals surface area contributed by atoms with E-state index in [1.165, 1.54) is 0 Å². The Morgan fingerprint density at radius 3 is 2.58 bits per heavy atom. The van der Waals surface area contributed by atoms with E-state index in [4.69, 9.17) is 0 Å². The minimum Gasteiger partial charge on any atom is -0.389 e. The van der Waals surface area contributed by atoms with Gasteiger partial charge in [0.05, 0.1) is 10.6 Å². The standard InChI is InChI=1S/C8H7BrFIO/c1-4(12)7-6(11)3-2-5(9)8(7)10/h2-4,12H,1H3. The highest BCUT2D eigenvalue weighted by Crippen LogP contribution is 2.28. The molecule has 0 aliphatic rings. The average Bonchev–Trinajstić information content (AvgIpc) is 1.97. The molecule has 0 fully saturated rings. The molecule has 1 aromatic carbocycles. The third kappa shape index (κ3) is 1.97. The number of halogens is 3. The van der Waals surface area contributed by atoms with Crippen molar-refractivity contribution >= 4 is 38.5 Å². The average molecular weight is 345 g/mol. The summed E-state index contributed by atoms with van der Waals surface area (Å²) < 4.78 is 14.4. The number of aliphatic hydroxyl groups is 1. The molecule has 1 aromatic rings. The van der Waals surface area contributed by atoms with E-state index in [9.17, 15) is 9.50 Å². The predicted molar refractivity (Wildman–Crippen MR) is 57.5 cm³/mol. The summed E-state index contributed by atoms with van der Waals surface area (Å²) in [4.78, 5) is 0. The lowest BCUT2D eigenvalue weighted by molar-refractivity contribution is 0.193. The van der Waals surface area contributed by atoms with Gasteiger partial charge in [-0.05, 0) is 57.6 Å². The van der Waals surface area contributed by atoms with E-state index < -0.39 is 6.10 Å². The van der Waals surface area contributed by atoms with Crippen molar-refractivity contribution in [2.24, 2.45) is 0 Å². The molecule has 4 heteroatoms. The molecule has 0 amide bonds. The zero-order valence-electron chi connectivity index (χ0n) is 6.31. The summed E-state index contributed by atoms with van der Waals surface area (Å²) in [7, 11) is 0. The third-order valence-electron chi connectivity index (χ3n) is 1.50. The molecule has 12 heavy (non-hydrogen) atoms. The molecule has 0 saturated heterocycles. The van der Waals surface area contributed by atoms with Crippen molar-refractivity contribution in [1.29, 1.82) is 0 Å². The summed E-state index contributed by atoms with van der Waals surface area (Å²) in [5.74, 6) is -0.378. The van der Waals surface area contributed by atoms with E-state index in [0.29, 0.717) is 10.0 Å². The lowest BCUT2D eigenvalue weighted by atomic mass is 10.1. The molecule has 0 heterocycles. The molecule has 0 bridgehead atoms. The molecule has 66 valence electrons. The molecule has 0 saturated carbocycles. The zero-order valence-corrected chi connectivity index (χ0v) is 10.1. The van der Waals surface area contributed by atoms with Crippen LogP contribution in [0.4, 0.5) is 4.39 Å². The number of benzene rings is 1. The Labute approximate surface area is 92.3 Å². The van der Waals surface area contributed by atoms with Crippen LogP contribution in [0, 0.1) is 9.39 Å². The Morgan fingerprint density at radius 2 is 2.17 bits per heavy atom. The first-order valence-electron chi connectivity index (χ1n) is 3.35. The van der Waals surface area contributed by atoms with Crippen molar-refractivity contribution < 1.29 is 9.50 Å². The molecule has 1 nitrogen and oxygen atoms in total. The van der Waals surface area contributed by atoms with Gasteiger partial charge in [-0.1, -0.05) is 0 Å². The summed E-state index contributed by atoms with van der Waals surface area (Å²) in [5.41, 5.74) is 0.352. The smallest absolute Gasteiger partial charge is 0.144 e. The summed E-state index contributed by atoms with van der Waals surface area (Å²) in [6.07, 6.45) is -0.769. The Bertz CT molecular complexity index is 301. The summed E-state index contributed by atoms with van der Waals surface area (Å²) in [6, 6.07) is 3.39. The molecule has 1 atom stereocenters. The first-order chi connectivity index (χ1) is 5.54. The summed E-state index contributed by atoms with van der Waals surface area (Å²) in [6.45, 7) is 1.55. The number of hydrogen-bond acceptors (Lipinski definition) is 1. The van der Waals surface area contributed by atoms with Gasteiger partial charge >= 0.3 is 0 Å². The quantitative estimate of drug-likeness (QED) is 0.612. The highest BCUT2D eigenvalue weighted by atomic mass is 127. The number of rotatable bonds is 1. The zero-order chi connectivity index (χ0) is 9.30. The lowest BCUT2D eigenvalue weighted by Crippen LogP contribution is -1.99. The second kappa shape index (κ2) is 4.02. The Balaban J connectivity index is 3.33. The topological polar surface area (TPSA) is 20.2 Å². The molecular formula is C8H7BrFIO. The van der Waals surface area contributed by atoms with E-state index in [0.717, 1.165) is 3.57 Å². The maximum Gasteiger partial charge on any atom is 0.144 e. The maximum absolute atomic E-state index is 13.3. The normalized spacial score (nSPS) is 13.1. The molecular weight excluding hydrogens is 338 g/mol. The monoisotopic (exact) mass is 344 g/mol. The molecule has 0 aliphatic carbocycles. The minimum absolute atomic E-state index is 0.352. The van der Waals surface area contributed by atoms with E-state index >= 15 is 0 Å². The van der Waals surface area contributed by atoms with Gasteiger partial charge in [-0.2, -0.15) is 0 Å². The van der Waals surface area contributed by atoms with Crippen LogP contribution in [0.3, 0.4) is 0 Å². The van der Waals surface area contributed by atoms with Crippen LogP contribution in [0.15, 0.2) is 16.6 Å². The van der Waals surface area contributed by atoms with E-state index in [-0.39, 0.29) is 5.82 Å². The van der Waals surface area contributed by atoms with Gasteiger partial charge < -0.3 is 5.11 Å². The van der Waals surface area contributed by atoms with Crippen molar-refractivity contribution in [3.63, 3.8) is 0 Å². The van der Waals surface area contributed by atoms with Gasteiger partial charge in [0.1, 0.15) is 5.82 Å².